The third-order valence-electron chi connectivity index (χ3n) is 2.40. The first-order valence-corrected chi connectivity index (χ1v) is 6.01. The van der Waals surface area contributed by atoms with E-state index >= 15 is 0 Å². The molecule has 94 valence electrons. The summed E-state index contributed by atoms with van der Waals surface area (Å²) in [5.41, 5.74) is 1.64. The van der Waals surface area contributed by atoms with Crippen LogP contribution in [0.5, 0.6) is 0 Å². The van der Waals surface area contributed by atoms with Crippen LogP contribution in [-0.2, 0) is 0 Å². The largest absolute Gasteiger partial charge is 0.395 e. The van der Waals surface area contributed by atoms with Crippen molar-refractivity contribution in [3.05, 3.63) is 29.8 Å². The first-order chi connectivity index (χ1) is 8.27. The van der Waals surface area contributed by atoms with Gasteiger partial charge in [-0.25, -0.2) is 0 Å². The van der Waals surface area contributed by atoms with E-state index in [9.17, 15) is 4.79 Å². The van der Waals surface area contributed by atoms with Gasteiger partial charge >= 0.3 is 0 Å². The lowest BCUT2D eigenvalue weighted by atomic mass is 10.2. The first-order valence-electron chi connectivity index (χ1n) is 6.01. The van der Waals surface area contributed by atoms with Gasteiger partial charge in [-0.15, -0.1) is 0 Å². The number of rotatable bonds is 7. The molecule has 0 saturated carbocycles. The van der Waals surface area contributed by atoms with Crippen LogP contribution in [0.15, 0.2) is 24.3 Å². The number of carbonyl (C=O) groups excluding carboxylic acids is 1. The molecule has 0 atom stereocenters. The molecule has 0 aliphatic carbocycles. The van der Waals surface area contributed by atoms with Gasteiger partial charge in [-0.3, -0.25) is 4.79 Å². The van der Waals surface area contributed by atoms with Crippen LogP contribution in [0.4, 0.5) is 5.69 Å². The molecule has 1 aromatic rings. The Balaban J connectivity index is 2.46. The maximum Gasteiger partial charge on any atom is 0.251 e. The number of anilines is 1. The van der Waals surface area contributed by atoms with Crippen LogP contribution in [0, 0.1) is 0 Å². The maximum atomic E-state index is 11.5. The molecule has 0 radical (unpaired) electrons. The molecular weight excluding hydrogens is 216 g/mol. The van der Waals surface area contributed by atoms with Crippen molar-refractivity contribution >= 4 is 11.6 Å². The highest BCUT2D eigenvalue weighted by Crippen LogP contribution is 2.09. The van der Waals surface area contributed by atoms with E-state index in [1.54, 1.807) is 12.1 Å². The minimum absolute atomic E-state index is 0.0393. The van der Waals surface area contributed by atoms with Crippen molar-refractivity contribution < 1.29 is 9.90 Å². The van der Waals surface area contributed by atoms with Gasteiger partial charge in [0, 0.05) is 24.3 Å². The van der Waals surface area contributed by atoms with Crippen LogP contribution >= 0.6 is 0 Å². The number of hydrogen-bond donors (Lipinski definition) is 3. The number of benzene rings is 1. The number of hydrogen-bond acceptors (Lipinski definition) is 3. The van der Waals surface area contributed by atoms with Crippen molar-refractivity contribution in [2.24, 2.45) is 0 Å². The summed E-state index contributed by atoms with van der Waals surface area (Å²) in [6.45, 7) is 3.35. The molecule has 1 rings (SSSR count). The van der Waals surface area contributed by atoms with E-state index in [0.717, 1.165) is 25.1 Å². The lowest BCUT2D eigenvalue weighted by Crippen LogP contribution is -2.26. The predicted molar refractivity (Wildman–Crippen MR) is 69.3 cm³/mol. The molecule has 0 bridgehead atoms. The quantitative estimate of drug-likeness (QED) is 0.630. The fourth-order valence-electron chi connectivity index (χ4n) is 1.42. The van der Waals surface area contributed by atoms with Crippen molar-refractivity contribution in [3.8, 4) is 0 Å². The van der Waals surface area contributed by atoms with E-state index in [4.69, 9.17) is 5.11 Å². The molecule has 4 heteroatoms. The lowest BCUT2D eigenvalue weighted by molar-refractivity contribution is 0.0945. The van der Waals surface area contributed by atoms with Crippen LogP contribution < -0.4 is 10.6 Å². The minimum Gasteiger partial charge on any atom is -0.395 e. The van der Waals surface area contributed by atoms with Crippen LogP contribution in [0.2, 0.25) is 0 Å². The summed E-state index contributed by atoms with van der Waals surface area (Å²) in [7, 11) is 0. The van der Waals surface area contributed by atoms with Gasteiger partial charge in [0.05, 0.1) is 6.61 Å². The number of amides is 1. The van der Waals surface area contributed by atoms with Crippen LogP contribution in [0.1, 0.15) is 30.1 Å². The number of carbonyl (C=O) groups is 1. The van der Waals surface area contributed by atoms with Crippen molar-refractivity contribution in [2.45, 2.75) is 19.8 Å². The Morgan fingerprint density at radius 2 is 1.94 bits per heavy atom. The molecule has 1 amide bonds. The molecule has 0 aliphatic heterocycles. The van der Waals surface area contributed by atoms with Crippen LogP contribution in [0.3, 0.4) is 0 Å². The van der Waals surface area contributed by atoms with E-state index in [1.165, 1.54) is 0 Å². The molecule has 0 heterocycles. The second kappa shape index (κ2) is 7.68. The summed E-state index contributed by atoms with van der Waals surface area (Å²) in [5.74, 6) is -0.154. The Hall–Kier alpha value is -1.55. The Morgan fingerprint density at radius 3 is 2.53 bits per heavy atom. The molecule has 0 unspecified atom stereocenters. The smallest absolute Gasteiger partial charge is 0.251 e. The zero-order valence-electron chi connectivity index (χ0n) is 10.2. The van der Waals surface area contributed by atoms with Gasteiger partial charge in [0.2, 0.25) is 0 Å². The van der Waals surface area contributed by atoms with E-state index < -0.39 is 0 Å². The number of aliphatic hydroxyl groups excluding tert-OH is 1. The van der Waals surface area contributed by atoms with E-state index in [2.05, 4.69) is 17.6 Å². The second-order valence-electron chi connectivity index (χ2n) is 3.84. The Bertz CT molecular complexity index is 336. The summed E-state index contributed by atoms with van der Waals surface area (Å²) >= 11 is 0. The SMILES string of the molecule is CCCCNc1ccc(C(=O)NCCO)cc1. The number of unbranched alkanes of at least 4 members (excludes halogenated alkanes) is 1. The standard InChI is InChI=1S/C13H20N2O2/c1-2-3-8-14-12-6-4-11(5-7-12)13(17)15-9-10-16/h4-7,14,16H,2-3,8-10H2,1H3,(H,15,17). The average molecular weight is 236 g/mol. The van der Waals surface area contributed by atoms with Gasteiger partial charge in [0.1, 0.15) is 0 Å². The third-order valence-corrected chi connectivity index (χ3v) is 2.40. The fourth-order valence-corrected chi connectivity index (χ4v) is 1.42. The molecule has 0 aromatic heterocycles. The molecule has 4 nitrogen and oxygen atoms in total. The van der Waals surface area contributed by atoms with Gasteiger partial charge in [0.15, 0.2) is 0 Å². The van der Waals surface area contributed by atoms with Gasteiger partial charge in [0.25, 0.3) is 5.91 Å². The van der Waals surface area contributed by atoms with Gasteiger partial charge in [-0.2, -0.15) is 0 Å². The molecular formula is C13H20N2O2. The summed E-state index contributed by atoms with van der Waals surface area (Å²) in [6.07, 6.45) is 2.30. The summed E-state index contributed by atoms with van der Waals surface area (Å²) in [6, 6.07) is 7.34. The molecule has 17 heavy (non-hydrogen) atoms. The molecule has 0 saturated heterocycles. The second-order valence-corrected chi connectivity index (χ2v) is 3.84. The molecule has 0 fully saturated rings. The molecule has 0 spiro atoms. The topological polar surface area (TPSA) is 61.4 Å². The lowest BCUT2D eigenvalue weighted by Gasteiger charge is -2.07. The van der Waals surface area contributed by atoms with Gasteiger partial charge < -0.3 is 15.7 Å². The first kappa shape index (κ1) is 13.5. The number of aliphatic hydroxyl groups is 1. The highest BCUT2D eigenvalue weighted by Gasteiger charge is 2.03. The van der Waals surface area contributed by atoms with Crippen molar-refractivity contribution in [1.82, 2.24) is 5.32 Å². The zero-order chi connectivity index (χ0) is 12.5. The highest BCUT2D eigenvalue weighted by molar-refractivity contribution is 5.94. The van der Waals surface area contributed by atoms with Crippen LogP contribution in [0.25, 0.3) is 0 Å². The fraction of sp³-hybridized carbons (Fsp3) is 0.462. The monoisotopic (exact) mass is 236 g/mol. The van der Waals surface area contributed by atoms with E-state index in [1.807, 2.05) is 12.1 Å². The van der Waals surface area contributed by atoms with Gasteiger partial charge in [-0.05, 0) is 30.7 Å². The number of nitrogens with one attached hydrogen (secondary N) is 2. The Morgan fingerprint density at radius 1 is 1.24 bits per heavy atom. The van der Waals surface area contributed by atoms with Crippen molar-refractivity contribution in [1.29, 1.82) is 0 Å². The summed E-state index contributed by atoms with van der Waals surface area (Å²) < 4.78 is 0. The van der Waals surface area contributed by atoms with Crippen molar-refractivity contribution in [2.75, 3.05) is 25.0 Å². The van der Waals surface area contributed by atoms with Gasteiger partial charge in [-0.1, -0.05) is 13.3 Å². The average Bonchev–Trinajstić information content (AvgIpc) is 2.37. The molecule has 0 aliphatic rings. The summed E-state index contributed by atoms with van der Waals surface area (Å²) in [5, 5.41) is 14.5. The predicted octanol–water partition coefficient (Wildman–Crippen LogP) is 1.62. The Kier molecular flexibility index (Phi) is 6.10. The Labute approximate surface area is 102 Å². The maximum absolute atomic E-state index is 11.5. The molecule has 1 aromatic carbocycles. The van der Waals surface area contributed by atoms with E-state index in [0.29, 0.717) is 5.56 Å². The zero-order valence-corrected chi connectivity index (χ0v) is 10.2. The third kappa shape index (κ3) is 4.87. The highest BCUT2D eigenvalue weighted by atomic mass is 16.3. The van der Waals surface area contributed by atoms with E-state index in [-0.39, 0.29) is 19.1 Å². The minimum atomic E-state index is -0.154. The molecule has 3 N–H and O–H groups in total. The van der Waals surface area contributed by atoms with Crippen molar-refractivity contribution in [3.63, 3.8) is 0 Å². The summed E-state index contributed by atoms with van der Waals surface area (Å²) in [4.78, 5) is 11.5. The normalized spacial score (nSPS) is 10.0. The van der Waals surface area contributed by atoms with Crippen LogP contribution in [-0.4, -0.2) is 30.7 Å².